The molecular formula is C14H26N2O3. The van der Waals surface area contributed by atoms with Crippen LogP contribution in [0.4, 0.5) is 0 Å². The molecule has 0 aromatic heterocycles. The molecule has 1 heterocycles. The summed E-state index contributed by atoms with van der Waals surface area (Å²) in [5.74, 6) is 0.00206. The van der Waals surface area contributed by atoms with Gasteiger partial charge in [-0.15, -0.1) is 0 Å². The zero-order chi connectivity index (χ0) is 13.9. The van der Waals surface area contributed by atoms with E-state index in [1.807, 2.05) is 6.92 Å². The molecule has 19 heavy (non-hydrogen) atoms. The fourth-order valence-electron chi connectivity index (χ4n) is 3.18. The van der Waals surface area contributed by atoms with Crippen LogP contribution in [-0.2, 0) is 9.53 Å². The van der Waals surface area contributed by atoms with Crippen molar-refractivity contribution >= 4 is 5.91 Å². The summed E-state index contributed by atoms with van der Waals surface area (Å²) < 4.78 is 5.37. The van der Waals surface area contributed by atoms with Crippen LogP contribution >= 0.6 is 0 Å². The van der Waals surface area contributed by atoms with Crippen molar-refractivity contribution in [2.24, 2.45) is 11.1 Å². The minimum atomic E-state index is -0.930. The van der Waals surface area contributed by atoms with E-state index >= 15 is 0 Å². The summed E-state index contributed by atoms with van der Waals surface area (Å²) in [5, 5.41) is 13.3. The molecular weight excluding hydrogens is 244 g/mol. The van der Waals surface area contributed by atoms with Gasteiger partial charge in [0.1, 0.15) is 5.60 Å². The van der Waals surface area contributed by atoms with Crippen LogP contribution in [0.15, 0.2) is 0 Å². The number of nitrogens with one attached hydrogen (secondary N) is 1. The van der Waals surface area contributed by atoms with Crippen LogP contribution in [-0.4, -0.2) is 42.4 Å². The smallest absolute Gasteiger partial charge is 0.227 e. The Labute approximate surface area is 114 Å². The molecule has 1 amide bonds. The number of nitrogens with two attached hydrogens (primary N) is 1. The molecule has 4 N–H and O–H groups in total. The third-order valence-electron chi connectivity index (χ3n) is 4.90. The second-order valence-electron chi connectivity index (χ2n) is 6.09. The molecule has 5 heteroatoms. The lowest BCUT2D eigenvalue weighted by Crippen LogP contribution is -2.53. The van der Waals surface area contributed by atoms with E-state index in [2.05, 4.69) is 5.32 Å². The summed E-state index contributed by atoms with van der Waals surface area (Å²) in [4.78, 5) is 12.4. The molecule has 2 rings (SSSR count). The monoisotopic (exact) mass is 270 g/mol. The van der Waals surface area contributed by atoms with E-state index in [1.165, 1.54) is 6.42 Å². The summed E-state index contributed by atoms with van der Waals surface area (Å²) in [6.07, 6.45) is 5.38. The highest BCUT2D eigenvalue weighted by molar-refractivity contribution is 5.83. The summed E-state index contributed by atoms with van der Waals surface area (Å²) in [6.45, 7) is 3.05. The van der Waals surface area contributed by atoms with Crippen molar-refractivity contribution in [1.82, 2.24) is 5.32 Å². The molecule has 0 aromatic carbocycles. The number of carbonyl (C=O) groups excluding carboxylic acids is 1. The first kappa shape index (κ1) is 14.8. The molecule has 1 saturated heterocycles. The van der Waals surface area contributed by atoms with Crippen LogP contribution < -0.4 is 11.1 Å². The maximum Gasteiger partial charge on any atom is 0.227 e. The van der Waals surface area contributed by atoms with Gasteiger partial charge in [-0.1, -0.05) is 19.3 Å². The molecule has 2 fully saturated rings. The highest BCUT2D eigenvalue weighted by atomic mass is 16.5. The van der Waals surface area contributed by atoms with Crippen LogP contribution in [0.2, 0.25) is 0 Å². The van der Waals surface area contributed by atoms with Gasteiger partial charge in [-0.05, 0) is 19.8 Å². The Morgan fingerprint density at radius 3 is 2.58 bits per heavy atom. The van der Waals surface area contributed by atoms with Crippen molar-refractivity contribution in [2.45, 2.75) is 57.2 Å². The predicted octanol–water partition coefficient (Wildman–Crippen LogP) is 0.552. The SMILES string of the molecule is CC1OCCC1(O)CNC(=O)C1(CN)CCCCC1. The third-order valence-corrected chi connectivity index (χ3v) is 4.90. The predicted molar refractivity (Wildman–Crippen MR) is 72.6 cm³/mol. The Hall–Kier alpha value is -0.650. The Kier molecular flexibility index (Phi) is 4.48. The van der Waals surface area contributed by atoms with Gasteiger partial charge in [-0.2, -0.15) is 0 Å². The maximum atomic E-state index is 12.4. The lowest BCUT2D eigenvalue weighted by Gasteiger charge is -2.36. The Balaban J connectivity index is 1.93. The number of amides is 1. The average Bonchev–Trinajstić information content (AvgIpc) is 2.77. The standard InChI is InChI=1S/C14H26N2O3/c1-11-14(18,7-8-19-11)10-16-12(17)13(9-15)5-3-2-4-6-13/h11,18H,2-10,15H2,1H3,(H,16,17). The van der Waals surface area contributed by atoms with E-state index in [4.69, 9.17) is 10.5 Å². The highest BCUT2D eigenvalue weighted by Crippen LogP contribution is 2.35. The maximum absolute atomic E-state index is 12.4. The molecule has 110 valence electrons. The first-order valence-corrected chi connectivity index (χ1v) is 7.35. The fourth-order valence-corrected chi connectivity index (χ4v) is 3.18. The van der Waals surface area contributed by atoms with Crippen molar-refractivity contribution in [3.05, 3.63) is 0 Å². The van der Waals surface area contributed by atoms with Crippen LogP contribution in [0.3, 0.4) is 0 Å². The van der Waals surface area contributed by atoms with Crippen LogP contribution in [0, 0.1) is 5.41 Å². The van der Waals surface area contributed by atoms with Crippen molar-refractivity contribution in [1.29, 1.82) is 0 Å². The fraction of sp³-hybridized carbons (Fsp3) is 0.929. The van der Waals surface area contributed by atoms with E-state index < -0.39 is 11.0 Å². The van der Waals surface area contributed by atoms with Crippen molar-refractivity contribution < 1.29 is 14.6 Å². The van der Waals surface area contributed by atoms with Crippen molar-refractivity contribution in [3.63, 3.8) is 0 Å². The molecule has 1 saturated carbocycles. The van der Waals surface area contributed by atoms with Crippen molar-refractivity contribution in [2.75, 3.05) is 19.7 Å². The van der Waals surface area contributed by atoms with E-state index in [0.717, 1.165) is 25.7 Å². The van der Waals surface area contributed by atoms with E-state index in [9.17, 15) is 9.90 Å². The number of ether oxygens (including phenoxy) is 1. The van der Waals surface area contributed by atoms with Gasteiger partial charge in [0.15, 0.2) is 0 Å². The lowest BCUT2D eigenvalue weighted by molar-refractivity contribution is -0.134. The molecule has 0 radical (unpaired) electrons. The number of hydrogen-bond donors (Lipinski definition) is 3. The number of rotatable bonds is 4. The van der Waals surface area contributed by atoms with Gasteiger partial charge in [0.2, 0.25) is 5.91 Å². The minimum Gasteiger partial charge on any atom is -0.385 e. The average molecular weight is 270 g/mol. The highest BCUT2D eigenvalue weighted by Gasteiger charge is 2.42. The second kappa shape index (κ2) is 5.77. The molecule has 5 nitrogen and oxygen atoms in total. The Bertz CT molecular complexity index is 329. The third kappa shape index (κ3) is 2.93. The Morgan fingerprint density at radius 1 is 1.37 bits per heavy atom. The number of hydrogen-bond acceptors (Lipinski definition) is 4. The van der Waals surface area contributed by atoms with Crippen LogP contribution in [0.25, 0.3) is 0 Å². The molecule has 2 unspecified atom stereocenters. The summed E-state index contributed by atoms with van der Waals surface area (Å²) >= 11 is 0. The second-order valence-corrected chi connectivity index (χ2v) is 6.09. The molecule has 2 aliphatic rings. The van der Waals surface area contributed by atoms with Gasteiger partial charge < -0.3 is 20.9 Å². The summed E-state index contributed by atoms with van der Waals surface area (Å²) in [6, 6.07) is 0. The summed E-state index contributed by atoms with van der Waals surface area (Å²) in [5.41, 5.74) is 4.49. The zero-order valence-corrected chi connectivity index (χ0v) is 11.8. The quantitative estimate of drug-likeness (QED) is 0.696. The zero-order valence-electron chi connectivity index (χ0n) is 11.8. The van der Waals surface area contributed by atoms with Crippen molar-refractivity contribution in [3.8, 4) is 0 Å². The number of aliphatic hydroxyl groups is 1. The van der Waals surface area contributed by atoms with Crippen LogP contribution in [0.1, 0.15) is 45.4 Å². The van der Waals surface area contributed by atoms with Gasteiger partial charge in [0.05, 0.1) is 11.5 Å². The first-order valence-electron chi connectivity index (χ1n) is 7.35. The Morgan fingerprint density at radius 2 is 2.05 bits per heavy atom. The van der Waals surface area contributed by atoms with E-state index in [0.29, 0.717) is 19.6 Å². The van der Waals surface area contributed by atoms with Gasteiger partial charge in [-0.25, -0.2) is 0 Å². The minimum absolute atomic E-state index is 0.00206. The van der Waals surface area contributed by atoms with Gasteiger partial charge >= 0.3 is 0 Å². The van der Waals surface area contributed by atoms with Gasteiger partial charge in [-0.3, -0.25) is 4.79 Å². The molecule has 1 aliphatic carbocycles. The largest absolute Gasteiger partial charge is 0.385 e. The molecule has 0 spiro atoms. The lowest BCUT2D eigenvalue weighted by atomic mass is 9.73. The number of carbonyl (C=O) groups is 1. The van der Waals surface area contributed by atoms with Gasteiger partial charge in [0.25, 0.3) is 0 Å². The summed E-state index contributed by atoms with van der Waals surface area (Å²) in [7, 11) is 0. The molecule has 0 bridgehead atoms. The molecule has 2 atom stereocenters. The van der Waals surface area contributed by atoms with E-state index in [1.54, 1.807) is 0 Å². The van der Waals surface area contributed by atoms with E-state index in [-0.39, 0.29) is 18.6 Å². The van der Waals surface area contributed by atoms with Gasteiger partial charge in [0, 0.05) is 26.1 Å². The topological polar surface area (TPSA) is 84.6 Å². The first-order chi connectivity index (χ1) is 9.02. The molecule has 0 aromatic rings. The normalized spacial score (nSPS) is 34.2. The molecule has 1 aliphatic heterocycles. The van der Waals surface area contributed by atoms with Crippen LogP contribution in [0.5, 0.6) is 0 Å².